The fraction of sp³-hybridized carbons (Fsp3) is 0.214. The highest BCUT2D eigenvalue weighted by Gasteiger charge is 2.26. The van der Waals surface area contributed by atoms with Crippen molar-refractivity contribution < 1.29 is 9.72 Å². The Hall–Kier alpha value is -2.83. The number of nitrogens with zero attached hydrogens (tertiary/aromatic N) is 2. The number of nitrogen functional groups attached to an aromatic ring is 1. The molecule has 3 rings (SSSR count). The van der Waals surface area contributed by atoms with Crippen molar-refractivity contribution in [3.05, 3.63) is 51.7 Å². The molecule has 0 aliphatic carbocycles. The third-order valence-corrected chi connectivity index (χ3v) is 3.57. The van der Waals surface area contributed by atoms with Gasteiger partial charge in [-0.15, -0.1) is 0 Å². The average Bonchev–Trinajstić information content (AvgIpc) is 2.95. The standard InChI is InChI=1S/C14H14N4O3/c15-10-3-5-12-9(8-10)2-1-7-17(12)14(19)11-4-6-13(16-11)18(20)21/h3-6,8,16H,1-2,7,15H2. The van der Waals surface area contributed by atoms with Crippen molar-refractivity contribution in [2.75, 3.05) is 17.2 Å². The number of H-pyrrole nitrogens is 1. The Balaban J connectivity index is 1.94. The van der Waals surface area contributed by atoms with E-state index in [0.717, 1.165) is 24.1 Å². The maximum Gasteiger partial charge on any atom is 0.321 e. The predicted molar refractivity (Wildman–Crippen MR) is 78.3 cm³/mol. The number of carbonyl (C=O) groups excluding carboxylic acids is 1. The summed E-state index contributed by atoms with van der Waals surface area (Å²) >= 11 is 0. The van der Waals surface area contributed by atoms with E-state index in [0.29, 0.717) is 12.2 Å². The minimum absolute atomic E-state index is 0.187. The second kappa shape index (κ2) is 4.93. The number of fused-ring (bicyclic) bond motifs is 1. The second-order valence-corrected chi connectivity index (χ2v) is 4.96. The Morgan fingerprint density at radius 2 is 2.14 bits per heavy atom. The first-order valence-corrected chi connectivity index (χ1v) is 6.60. The van der Waals surface area contributed by atoms with Gasteiger partial charge in [0.05, 0.1) is 0 Å². The quantitative estimate of drug-likeness (QED) is 0.501. The Morgan fingerprint density at radius 3 is 2.86 bits per heavy atom. The van der Waals surface area contributed by atoms with E-state index in [-0.39, 0.29) is 17.4 Å². The smallest absolute Gasteiger partial charge is 0.321 e. The van der Waals surface area contributed by atoms with Crippen LogP contribution in [0.2, 0.25) is 0 Å². The molecule has 3 N–H and O–H groups in total. The maximum atomic E-state index is 12.5. The van der Waals surface area contributed by atoms with Gasteiger partial charge in [-0.25, -0.2) is 4.98 Å². The van der Waals surface area contributed by atoms with E-state index in [9.17, 15) is 14.9 Å². The zero-order valence-corrected chi connectivity index (χ0v) is 11.2. The molecule has 0 radical (unpaired) electrons. The highest BCUT2D eigenvalue weighted by Crippen LogP contribution is 2.30. The maximum absolute atomic E-state index is 12.5. The topological polar surface area (TPSA) is 105 Å². The number of hydrogen-bond acceptors (Lipinski definition) is 4. The van der Waals surface area contributed by atoms with Gasteiger partial charge in [0.25, 0.3) is 5.91 Å². The van der Waals surface area contributed by atoms with Crippen LogP contribution in [0.3, 0.4) is 0 Å². The van der Waals surface area contributed by atoms with Gasteiger partial charge in [-0.3, -0.25) is 4.79 Å². The number of amides is 1. The van der Waals surface area contributed by atoms with Crippen LogP contribution in [0.5, 0.6) is 0 Å². The van der Waals surface area contributed by atoms with E-state index in [4.69, 9.17) is 5.73 Å². The second-order valence-electron chi connectivity index (χ2n) is 4.96. The van der Waals surface area contributed by atoms with E-state index in [2.05, 4.69) is 4.98 Å². The molecule has 0 bridgehead atoms. The monoisotopic (exact) mass is 286 g/mol. The van der Waals surface area contributed by atoms with E-state index in [1.54, 1.807) is 11.0 Å². The Bertz CT molecular complexity index is 723. The number of aromatic amines is 1. The fourth-order valence-corrected chi connectivity index (χ4v) is 2.59. The Kier molecular flexibility index (Phi) is 3.09. The summed E-state index contributed by atoms with van der Waals surface area (Å²) in [7, 11) is 0. The molecule has 1 aromatic heterocycles. The summed E-state index contributed by atoms with van der Waals surface area (Å²) in [6.07, 6.45) is 1.71. The van der Waals surface area contributed by atoms with Crippen molar-refractivity contribution in [2.24, 2.45) is 0 Å². The molecule has 1 aromatic carbocycles. The van der Waals surface area contributed by atoms with Crippen molar-refractivity contribution >= 4 is 23.1 Å². The summed E-state index contributed by atoms with van der Waals surface area (Å²) in [5.41, 5.74) is 8.49. The van der Waals surface area contributed by atoms with Crippen molar-refractivity contribution in [2.45, 2.75) is 12.8 Å². The van der Waals surface area contributed by atoms with Crippen LogP contribution >= 0.6 is 0 Å². The summed E-state index contributed by atoms with van der Waals surface area (Å²) in [6.45, 7) is 0.586. The minimum Gasteiger partial charge on any atom is -0.399 e. The molecule has 0 saturated heterocycles. The lowest BCUT2D eigenvalue weighted by molar-refractivity contribution is -0.389. The summed E-state index contributed by atoms with van der Waals surface area (Å²) in [6, 6.07) is 8.17. The van der Waals surface area contributed by atoms with E-state index < -0.39 is 4.92 Å². The molecule has 0 atom stereocenters. The van der Waals surface area contributed by atoms with Gasteiger partial charge in [0.15, 0.2) is 5.69 Å². The highest BCUT2D eigenvalue weighted by molar-refractivity contribution is 6.05. The molecule has 1 amide bonds. The van der Waals surface area contributed by atoms with Crippen molar-refractivity contribution in [1.82, 2.24) is 4.98 Å². The van der Waals surface area contributed by atoms with Crippen LogP contribution in [0.1, 0.15) is 22.5 Å². The molecule has 0 saturated carbocycles. The van der Waals surface area contributed by atoms with Gasteiger partial charge in [0, 0.05) is 24.0 Å². The first-order valence-electron chi connectivity index (χ1n) is 6.60. The van der Waals surface area contributed by atoms with E-state index in [1.807, 2.05) is 12.1 Å². The van der Waals surface area contributed by atoms with Gasteiger partial charge >= 0.3 is 5.82 Å². The van der Waals surface area contributed by atoms with Gasteiger partial charge in [-0.1, -0.05) is 0 Å². The van der Waals surface area contributed by atoms with Gasteiger partial charge in [0.1, 0.15) is 0 Å². The van der Waals surface area contributed by atoms with Gasteiger partial charge < -0.3 is 20.7 Å². The van der Waals surface area contributed by atoms with Crippen LogP contribution in [0.25, 0.3) is 0 Å². The lowest BCUT2D eigenvalue weighted by Gasteiger charge is -2.28. The molecular weight excluding hydrogens is 272 g/mol. The Morgan fingerprint density at radius 1 is 1.33 bits per heavy atom. The lowest BCUT2D eigenvalue weighted by atomic mass is 10.0. The normalized spacial score (nSPS) is 13.8. The number of carbonyl (C=O) groups is 1. The molecule has 21 heavy (non-hydrogen) atoms. The number of benzene rings is 1. The number of nitrogens with one attached hydrogen (secondary N) is 1. The highest BCUT2D eigenvalue weighted by atomic mass is 16.6. The number of nitrogens with two attached hydrogens (primary N) is 1. The molecule has 7 nitrogen and oxygen atoms in total. The molecule has 2 aromatic rings. The van der Waals surface area contributed by atoms with Crippen LogP contribution in [-0.4, -0.2) is 22.4 Å². The third kappa shape index (κ3) is 2.33. The molecule has 0 fully saturated rings. The predicted octanol–water partition coefficient (Wildman–Crippen LogP) is 2.10. The molecule has 1 aliphatic rings. The fourth-order valence-electron chi connectivity index (χ4n) is 2.59. The number of anilines is 2. The molecular formula is C14H14N4O3. The largest absolute Gasteiger partial charge is 0.399 e. The number of aryl methyl sites for hydroxylation is 1. The van der Waals surface area contributed by atoms with E-state index >= 15 is 0 Å². The van der Waals surface area contributed by atoms with Gasteiger partial charge in [-0.2, -0.15) is 0 Å². The van der Waals surface area contributed by atoms with Crippen LogP contribution in [-0.2, 0) is 6.42 Å². The number of rotatable bonds is 2. The summed E-state index contributed by atoms with van der Waals surface area (Å²) in [5, 5.41) is 10.7. The SMILES string of the molecule is Nc1ccc2c(c1)CCCN2C(=O)c1ccc([N+](=O)[O-])[nH]1. The molecule has 2 heterocycles. The summed E-state index contributed by atoms with van der Waals surface area (Å²) in [5.74, 6) is -0.457. The first-order chi connectivity index (χ1) is 10.1. The summed E-state index contributed by atoms with van der Waals surface area (Å²) in [4.78, 5) is 26.8. The van der Waals surface area contributed by atoms with Crippen LogP contribution < -0.4 is 10.6 Å². The Labute approximate surface area is 120 Å². The van der Waals surface area contributed by atoms with Crippen LogP contribution in [0.4, 0.5) is 17.2 Å². The van der Waals surface area contributed by atoms with Gasteiger partial charge in [0.2, 0.25) is 0 Å². The molecule has 7 heteroatoms. The number of hydrogen-bond donors (Lipinski definition) is 2. The van der Waals surface area contributed by atoms with Crippen LogP contribution in [0.15, 0.2) is 30.3 Å². The lowest BCUT2D eigenvalue weighted by Crippen LogP contribution is -2.35. The van der Waals surface area contributed by atoms with Gasteiger partial charge in [-0.05, 0) is 47.6 Å². The number of nitro groups is 1. The van der Waals surface area contributed by atoms with Crippen molar-refractivity contribution in [3.8, 4) is 0 Å². The minimum atomic E-state index is -0.554. The summed E-state index contributed by atoms with van der Waals surface area (Å²) < 4.78 is 0. The molecule has 1 aliphatic heterocycles. The number of aromatic nitrogens is 1. The van der Waals surface area contributed by atoms with E-state index in [1.165, 1.54) is 12.1 Å². The average molecular weight is 286 g/mol. The van der Waals surface area contributed by atoms with Crippen molar-refractivity contribution in [3.63, 3.8) is 0 Å². The zero-order valence-electron chi connectivity index (χ0n) is 11.2. The zero-order chi connectivity index (χ0) is 15.0. The van der Waals surface area contributed by atoms with Crippen LogP contribution in [0, 0.1) is 10.1 Å². The molecule has 0 spiro atoms. The first kappa shape index (κ1) is 13.2. The molecule has 0 unspecified atom stereocenters. The van der Waals surface area contributed by atoms with Crippen molar-refractivity contribution in [1.29, 1.82) is 0 Å². The third-order valence-electron chi connectivity index (χ3n) is 3.57. The molecule has 108 valence electrons.